The largest absolute Gasteiger partial charge is 0.377 e. The molecule has 1 unspecified atom stereocenters. The average molecular weight is 228 g/mol. The van der Waals surface area contributed by atoms with E-state index in [0.29, 0.717) is 19.3 Å². The molecule has 94 valence electrons. The summed E-state index contributed by atoms with van der Waals surface area (Å²) < 4.78 is 5.74. The zero-order valence-electron chi connectivity index (χ0n) is 10.2. The molecule has 4 nitrogen and oxygen atoms in total. The van der Waals surface area contributed by atoms with Crippen LogP contribution in [0.4, 0.5) is 0 Å². The molecule has 0 aliphatic heterocycles. The number of primary amides is 1. The highest BCUT2D eigenvalue weighted by atomic mass is 16.5. The van der Waals surface area contributed by atoms with E-state index >= 15 is 0 Å². The minimum absolute atomic E-state index is 0.213. The third kappa shape index (κ3) is 4.94. The van der Waals surface area contributed by atoms with Crippen molar-refractivity contribution in [3.63, 3.8) is 0 Å². The summed E-state index contributed by atoms with van der Waals surface area (Å²) in [5.41, 5.74) is 5.23. The molecule has 1 saturated carbocycles. The van der Waals surface area contributed by atoms with Crippen LogP contribution in [-0.4, -0.2) is 31.2 Å². The summed E-state index contributed by atoms with van der Waals surface area (Å²) in [5.74, 6) is -0.278. The third-order valence-corrected chi connectivity index (χ3v) is 3.15. The lowest BCUT2D eigenvalue weighted by Crippen LogP contribution is -2.42. The molecular formula is C12H24N2O2. The minimum Gasteiger partial charge on any atom is -0.377 e. The Kier molecular flexibility index (Phi) is 6.42. The first kappa shape index (κ1) is 13.5. The lowest BCUT2D eigenvalue weighted by Gasteiger charge is -2.22. The maximum Gasteiger partial charge on any atom is 0.234 e. The number of nitrogens with one attached hydrogen (secondary N) is 1. The summed E-state index contributed by atoms with van der Waals surface area (Å²) in [6.45, 7) is 3.33. The van der Waals surface area contributed by atoms with Crippen LogP contribution in [0.15, 0.2) is 0 Å². The molecule has 0 bridgehead atoms. The first-order valence-corrected chi connectivity index (χ1v) is 6.38. The Bertz CT molecular complexity index is 203. The van der Waals surface area contributed by atoms with Crippen molar-refractivity contribution in [3.8, 4) is 0 Å². The van der Waals surface area contributed by atoms with E-state index in [-0.39, 0.29) is 11.9 Å². The van der Waals surface area contributed by atoms with E-state index < -0.39 is 0 Å². The molecule has 1 atom stereocenters. The number of ether oxygens (including phenoxy) is 1. The van der Waals surface area contributed by atoms with E-state index in [1.54, 1.807) is 0 Å². The molecule has 0 aromatic rings. The zero-order chi connectivity index (χ0) is 11.8. The fourth-order valence-electron chi connectivity index (χ4n) is 2.14. The van der Waals surface area contributed by atoms with Gasteiger partial charge in [0.05, 0.1) is 18.8 Å². The van der Waals surface area contributed by atoms with Crippen molar-refractivity contribution < 1.29 is 9.53 Å². The molecule has 0 radical (unpaired) electrons. The number of hydrogen-bond donors (Lipinski definition) is 2. The monoisotopic (exact) mass is 228 g/mol. The van der Waals surface area contributed by atoms with Gasteiger partial charge in [0.15, 0.2) is 0 Å². The van der Waals surface area contributed by atoms with Crippen molar-refractivity contribution in [3.05, 3.63) is 0 Å². The van der Waals surface area contributed by atoms with Crippen LogP contribution in [0.1, 0.15) is 45.4 Å². The van der Waals surface area contributed by atoms with Crippen LogP contribution >= 0.6 is 0 Å². The number of rotatable bonds is 7. The highest BCUT2D eigenvalue weighted by molar-refractivity contribution is 5.79. The first-order valence-electron chi connectivity index (χ1n) is 6.38. The van der Waals surface area contributed by atoms with Crippen molar-refractivity contribution in [2.24, 2.45) is 5.73 Å². The highest BCUT2D eigenvalue weighted by Gasteiger charge is 2.14. The summed E-state index contributed by atoms with van der Waals surface area (Å²) in [7, 11) is 0. The number of amides is 1. The summed E-state index contributed by atoms with van der Waals surface area (Å²) >= 11 is 0. The van der Waals surface area contributed by atoms with E-state index in [1.807, 2.05) is 6.92 Å². The number of nitrogens with two attached hydrogens (primary N) is 1. The molecule has 1 rings (SSSR count). The van der Waals surface area contributed by atoms with Crippen LogP contribution in [0, 0.1) is 0 Å². The van der Waals surface area contributed by atoms with Gasteiger partial charge in [0, 0.05) is 6.54 Å². The van der Waals surface area contributed by atoms with Crippen molar-refractivity contribution in [2.75, 3.05) is 13.2 Å². The number of carbonyl (C=O) groups is 1. The zero-order valence-corrected chi connectivity index (χ0v) is 10.2. The van der Waals surface area contributed by atoms with Crippen molar-refractivity contribution in [2.45, 2.75) is 57.6 Å². The van der Waals surface area contributed by atoms with E-state index in [1.165, 1.54) is 32.1 Å². The van der Waals surface area contributed by atoms with Gasteiger partial charge < -0.3 is 15.8 Å². The van der Waals surface area contributed by atoms with E-state index in [2.05, 4.69) is 5.32 Å². The van der Waals surface area contributed by atoms with Gasteiger partial charge >= 0.3 is 0 Å². The normalized spacial score (nSPS) is 19.6. The summed E-state index contributed by atoms with van der Waals surface area (Å²) in [4.78, 5) is 10.9. The van der Waals surface area contributed by atoms with Gasteiger partial charge in [-0.05, 0) is 19.3 Å². The number of hydrogen-bond acceptors (Lipinski definition) is 3. The molecule has 0 spiro atoms. The molecule has 0 aromatic carbocycles. The maximum atomic E-state index is 10.9. The molecule has 0 saturated heterocycles. The van der Waals surface area contributed by atoms with Crippen molar-refractivity contribution >= 4 is 5.91 Å². The Morgan fingerprint density at radius 2 is 2.12 bits per heavy atom. The fraction of sp³-hybridized carbons (Fsp3) is 0.917. The lowest BCUT2D eigenvalue weighted by atomic mass is 9.98. The summed E-state index contributed by atoms with van der Waals surface area (Å²) in [6, 6.07) is -0.213. The van der Waals surface area contributed by atoms with Gasteiger partial charge in [-0.1, -0.05) is 26.2 Å². The molecule has 16 heavy (non-hydrogen) atoms. The van der Waals surface area contributed by atoms with Crippen molar-refractivity contribution in [1.29, 1.82) is 0 Å². The summed E-state index contributed by atoms with van der Waals surface area (Å²) in [6.07, 6.45) is 7.47. The SMILES string of the molecule is CCC(NCCOC1CCCCC1)C(N)=O. The third-order valence-electron chi connectivity index (χ3n) is 3.15. The van der Waals surface area contributed by atoms with Gasteiger partial charge in [0.2, 0.25) is 5.91 Å². The molecule has 0 aromatic heterocycles. The molecule has 3 N–H and O–H groups in total. The Balaban J connectivity index is 2.03. The number of carbonyl (C=O) groups excluding carboxylic acids is 1. The van der Waals surface area contributed by atoms with E-state index in [0.717, 1.165) is 6.42 Å². The fourth-order valence-corrected chi connectivity index (χ4v) is 2.14. The van der Waals surface area contributed by atoms with Crippen LogP contribution in [0.25, 0.3) is 0 Å². The maximum absolute atomic E-state index is 10.9. The molecule has 1 aliphatic rings. The topological polar surface area (TPSA) is 64.3 Å². The van der Waals surface area contributed by atoms with E-state index in [9.17, 15) is 4.79 Å². The molecule has 1 fully saturated rings. The first-order chi connectivity index (χ1) is 7.74. The van der Waals surface area contributed by atoms with Crippen LogP contribution in [0.3, 0.4) is 0 Å². The molecule has 4 heteroatoms. The predicted molar refractivity (Wildman–Crippen MR) is 64.1 cm³/mol. The second kappa shape index (κ2) is 7.63. The molecule has 1 aliphatic carbocycles. The molecular weight excluding hydrogens is 204 g/mol. The Morgan fingerprint density at radius 1 is 1.44 bits per heavy atom. The van der Waals surface area contributed by atoms with Gasteiger partial charge in [-0.2, -0.15) is 0 Å². The van der Waals surface area contributed by atoms with Gasteiger partial charge in [0.1, 0.15) is 0 Å². The van der Waals surface area contributed by atoms with Gasteiger partial charge in [-0.3, -0.25) is 4.79 Å². The summed E-state index contributed by atoms with van der Waals surface area (Å²) in [5, 5.41) is 3.11. The lowest BCUT2D eigenvalue weighted by molar-refractivity contribution is -0.120. The van der Waals surface area contributed by atoms with E-state index in [4.69, 9.17) is 10.5 Å². The molecule has 0 heterocycles. The van der Waals surface area contributed by atoms with Crippen LogP contribution in [0.2, 0.25) is 0 Å². The van der Waals surface area contributed by atoms with Crippen LogP contribution < -0.4 is 11.1 Å². The second-order valence-corrected chi connectivity index (χ2v) is 4.45. The van der Waals surface area contributed by atoms with Crippen LogP contribution in [-0.2, 0) is 9.53 Å². The van der Waals surface area contributed by atoms with Gasteiger partial charge in [-0.25, -0.2) is 0 Å². The average Bonchev–Trinajstić information content (AvgIpc) is 2.30. The Hall–Kier alpha value is -0.610. The Morgan fingerprint density at radius 3 is 2.69 bits per heavy atom. The quantitative estimate of drug-likeness (QED) is 0.643. The smallest absolute Gasteiger partial charge is 0.234 e. The standard InChI is InChI=1S/C12H24N2O2/c1-2-11(12(13)15)14-8-9-16-10-6-4-3-5-7-10/h10-11,14H,2-9H2,1H3,(H2,13,15). The molecule has 1 amide bonds. The Labute approximate surface area is 97.9 Å². The second-order valence-electron chi connectivity index (χ2n) is 4.45. The minimum atomic E-state index is -0.278. The van der Waals surface area contributed by atoms with Gasteiger partial charge in [0.25, 0.3) is 0 Å². The van der Waals surface area contributed by atoms with Gasteiger partial charge in [-0.15, -0.1) is 0 Å². The van der Waals surface area contributed by atoms with Crippen molar-refractivity contribution in [1.82, 2.24) is 5.32 Å². The van der Waals surface area contributed by atoms with Crippen LogP contribution in [0.5, 0.6) is 0 Å². The highest BCUT2D eigenvalue weighted by Crippen LogP contribution is 2.19. The predicted octanol–water partition coefficient (Wildman–Crippen LogP) is 1.19.